The van der Waals surface area contributed by atoms with Gasteiger partial charge in [-0.1, -0.05) is 0 Å². The lowest BCUT2D eigenvalue weighted by Crippen LogP contribution is -2.51. The first-order chi connectivity index (χ1) is 12.0. The second-order valence-electron chi connectivity index (χ2n) is 5.31. The van der Waals surface area contributed by atoms with E-state index in [0.717, 1.165) is 0 Å². The van der Waals surface area contributed by atoms with Crippen LogP contribution in [0.1, 0.15) is 17.7 Å². The molecule has 0 aromatic carbocycles. The predicted molar refractivity (Wildman–Crippen MR) is 84.6 cm³/mol. The lowest BCUT2D eigenvalue weighted by atomic mass is 10.1. The van der Waals surface area contributed by atoms with Crippen molar-refractivity contribution in [2.24, 2.45) is 0 Å². The molecule has 2 aromatic rings. The van der Waals surface area contributed by atoms with Crippen LogP contribution in [0.2, 0.25) is 0 Å². The van der Waals surface area contributed by atoms with E-state index in [1.54, 1.807) is 25.3 Å². The number of imide groups is 2. The number of aromatic nitrogens is 2. The van der Waals surface area contributed by atoms with E-state index >= 15 is 0 Å². The fourth-order valence-electron chi connectivity index (χ4n) is 2.34. The fraction of sp³-hybridized carbons (Fsp3) is 0.188. The number of furan rings is 1. The van der Waals surface area contributed by atoms with Crippen molar-refractivity contribution in [1.82, 2.24) is 20.4 Å². The van der Waals surface area contributed by atoms with Gasteiger partial charge in [-0.3, -0.25) is 24.9 Å². The number of hydrogen-bond donors (Lipinski definition) is 2. The molecule has 0 aliphatic carbocycles. The normalized spacial score (nSPS) is 14.1. The van der Waals surface area contributed by atoms with Crippen LogP contribution in [0.25, 0.3) is 17.5 Å². The molecule has 0 radical (unpaired) electrons. The second kappa shape index (κ2) is 6.45. The Labute approximate surface area is 141 Å². The highest BCUT2D eigenvalue weighted by atomic mass is 16.3. The van der Waals surface area contributed by atoms with Crippen LogP contribution in [-0.2, 0) is 16.1 Å². The molecular formula is C16H13N5O4. The van der Waals surface area contributed by atoms with Crippen LogP contribution >= 0.6 is 0 Å². The molecule has 2 N–H and O–H groups in total. The summed E-state index contributed by atoms with van der Waals surface area (Å²) in [6.45, 7) is 2.13. The molecule has 3 rings (SSSR count). The van der Waals surface area contributed by atoms with Gasteiger partial charge >= 0.3 is 6.03 Å². The van der Waals surface area contributed by atoms with Gasteiger partial charge in [0, 0.05) is 11.8 Å². The van der Waals surface area contributed by atoms with Gasteiger partial charge < -0.3 is 4.42 Å². The summed E-state index contributed by atoms with van der Waals surface area (Å²) in [5.41, 5.74) is 0.668. The lowest BCUT2D eigenvalue weighted by Gasteiger charge is -2.13. The van der Waals surface area contributed by atoms with Gasteiger partial charge in [-0.15, -0.1) is 0 Å². The third-order valence-corrected chi connectivity index (χ3v) is 3.46. The maximum absolute atomic E-state index is 11.9. The predicted octanol–water partition coefficient (Wildman–Crippen LogP) is 1.11. The summed E-state index contributed by atoms with van der Waals surface area (Å²) >= 11 is 0. The van der Waals surface area contributed by atoms with Crippen LogP contribution in [0.4, 0.5) is 4.79 Å². The molecule has 25 heavy (non-hydrogen) atoms. The first-order valence-corrected chi connectivity index (χ1v) is 7.37. The topological polar surface area (TPSA) is 130 Å². The summed E-state index contributed by atoms with van der Waals surface area (Å²) in [5, 5.41) is 17.1. The minimum atomic E-state index is -0.862. The Morgan fingerprint density at radius 2 is 2.00 bits per heavy atom. The number of aryl methyl sites for hydroxylation is 2. The fourth-order valence-corrected chi connectivity index (χ4v) is 2.34. The summed E-state index contributed by atoms with van der Waals surface area (Å²) in [6, 6.07) is 4.65. The summed E-state index contributed by atoms with van der Waals surface area (Å²) in [4.78, 5) is 34.9. The molecule has 0 saturated carbocycles. The highest BCUT2D eigenvalue weighted by Crippen LogP contribution is 2.26. The van der Waals surface area contributed by atoms with E-state index in [4.69, 9.17) is 9.68 Å². The van der Waals surface area contributed by atoms with Gasteiger partial charge in [0.05, 0.1) is 19.0 Å². The Morgan fingerprint density at radius 1 is 1.28 bits per heavy atom. The number of barbiturate groups is 1. The summed E-state index contributed by atoms with van der Waals surface area (Å²) in [7, 11) is 0. The first kappa shape index (κ1) is 16.2. The quantitative estimate of drug-likeness (QED) is 0.634. The highest BCUT2D eigenvalue weighted by Gasteiger charge is 2.28. The smallest absolute Gasteiger partial charge is 0.328 e. The van der Waals surface area contributed by atoms with E-state index in [9.17, 15) is 14.4 Å². The van der Waals surface area contributed by atoms with Crippen molar-refractivity contribution < 1.29 is 18.8 Å². The van der Waals surface area contributed by atoms with Crippen molar-refractivity contribution in [1.29, 1.82) is 5.26 Å². The molecule has 9 heteroatoms. The Balaban J connectivity index is 2.05. The third-order valence-electron chi connectivity index (χ3n) is 3.46. The molecule has 1 saturated heterocycles. The van der Waals surface area contributed by atoms with Crippen molar-refractivity contribution >= 4 is 23.9 Å². The zero-order valence-electron chi connectivity index (χ0n) is 13.2. The number of nitrogens with zero attached hydrogens (tertiary/aromatic N) is 3. The molecule has 0 atom stereocenters. The summed E-state index contributed by atoms with van der Waals surface area (Å²) in [5.74, 6) is -0.438. The molecule has 2 aromatic heterocycles. The van der Waals surface area contributed by atoms with Crippen LogP contribution in [0.5, 0.6) is 0 Å². The van der Waals surface area contributed by atoms with E-state index in [1.807, 2.05) is 16.7 Å². The number of nitriles is 1. The lowest BCUT2D eigenvalue weighted by molar-refractivity contribution is -0.123. The number of amides is 4. The van der Waals surface area contributed by atoms with Crippen molar-refractivity contribution in [3.63, 3.8) is 0 Å². The van der Waals surface area contributed by atoms with Crippen molar-refractivity contribution in [3.05, 3.63) is 35.2 Å². The van der Waals surface area contributed by atoms with Gasteiger partial charge in [-0.2, -0.15) is 10.4 Å². The molecule has 0 bridgehead atoms. The number of carbonyl (C=O) groups is 3. The largest absolute Gasteiger partial charge is 0.460 e. The van der Waals surface area contributed by atoms with Crippen molar-refractivity contribution in [2.45, 2.75) is 19.9 Å². The molecular weight excluding hydrogens is 326 g/mol. The molecule has 0 unspecified atom stereocenters. The van der Waals surface area contributed by atoms with Crippen LogP contribution in [0, 0.1) is 18.3 Å². The van der Waals surface area contributed by atoms with Crippen molar-refractivity contribution in [2.75, 3.05) is 0 Å². The number of hydrogen-bond acceptors (Lipinski definition) is 6. The van der Waals surface area contributed by atoms with Gasteiger partial charge in [0.15, 0.2) is 5.76 Å². The molecule has 4 amide bonds. The van der Waals surface area contributed by atoms with E-state index in [1.165, 1.54) is 10.8 Å². The molecule has 1 fully saturated rings. The zero-order chi connectivity index (χ0) is 18.0. The van der Waals surface area contributed by atoms with Crippen LogP contribution in [-0.4, -0.2) is 27.6 Å². The van der Waals surface area contributed by atoms with Gasteiger partial charge in [-0.05, 0) is 25.1 Å². The Morgan fingerprint density at radius 3 is 2.60 bits per heavy atom. The van der Waals surface area contributed by atoms with Gasteiger partial charge in [0.2, 0.25) is 0 Å². The maximum atomic E-state index is 11.9. The maximum Gasteiger partial charge on any atom is 0.328 e. The van der Waals surface area contributed by atoms with E-state index in [2.05, 4.69) is 5.10 Å². The van der Waals surface area contributed by atoms with Crippen LogP contribution in [0.3, 0.4) is 0 Å². The van der Waals surface area contributed by atoms with Crippen LogP contribution in [0.15, 0.2) is 28.3 Å². The molecule has 126 valence electrons. The number of urea groups is 1. The number of carbonyl (C=O) groups excluding carboxylic acids is 3. The first-order valence-electron chi connectivity index (χ1n) is 7.37. The average molecular weight is 339 g/mol. The van der Waals surface area contributed by atoms with Gasteiger partial charge in [0.1, 0.15) is 17.0 Å². The second-order valence-corrected chi connectivity index (χ2v) is 5.31. The van der Waals surface area contributed by atoms with E-state index in [0.29, 0.717) is 29.3 Å². The SMILES string of the molecule is Cc1ccc(-c2nn(CCC#N)cc2C=C2C(=O)NC(=O)NC2=O)o1. The number of rotatable bonds is 4. The summed E-state index contributed by atoms with van der Waals surface area (Å²) in [6.07, 6.45) is 3.19. The zero-order valence-corrected chi connectivity index (χ0v) is 13.2. The molecule has 0 spiro atoms. The molecule has 1 aliphatic rings. The summed E-state index contributed by atoms with van der Waals surface area (Å²) < 4.78 is 7.10. The molecule has 3 heterocycles. The standard InChI is InChI=1S/C16H13N5O4/c1-9-3-4-12(25-9)13-10(8-21(20-13)6-2-5-17)7-11-14(22)18-16(24)19-15(11)23/h3-4,7-8H,2,6H2,1H3,(H2,18,19,22,23,24). The Hall–Kier alpha value is -3.67. The highest BCUT2D eigenvalue weighted by molar-refractivity contribution is 6.31. The Kier molecular flexibility index (Phi) is 4.18. The average Bonchev–Trinajstić information content (AvgIpc) is 3.14. The van der Waals surface area contributed by atoms with Crippen LogP contribution < -0.4 is 10.6 Å². The van der Waals surface area contributed by atoms with Gasteiger partial charge in [-0.25, -0.2) is 4.79 Å². The Bertz CT molecular complexity index is 922. The monoisotopic (exact) mass is 339 g/mol. The molecule has 1 aliphatic heterocycles. The number of nitrogens with one attached hydrogen (secondary N) is 2. The van der Waals surface area contributed by atoms with Gasteiger partial charge in [0.25, 0.3) is 11.8 Å². The molecule has 9 nitrogen and oxygen atoms in total. The third kappa shape index (κ3) is 3.32. The van der Waals surface area contributed by atoms with E-state index < -0.39 is 17.8 Å². The minimum absolute atomic E-state index is 0.219. The minimum Gasteiger partial charge on any atom is -0.460 e. The van der Waals surface area contributed by atoms with E-state index in [-0.39, 0.29) is 12.0 Å². The van der Waals surface area contributed by atoms with Crippen molar-refractivity contribution in [3.8, 4) is 17.5 Å².